The van der Waals surface area contributed by atoms with E-state index in [2.05, 4.69) is 15.3 Å². The van der Waals surface area contributed by atoms with E-state index in [9.17, 15) is 0 Å². The van der Waals surface area contributed by atoms with E-state index in [-0.39, 0.29) is 5.88 Å². The van der Waals surface area contributed by atoms with Gasteiger partial charge in [0.2, 0.25) is 0 Å². The van der Waals surface area contributed by atoms with E-state index in [1.54, 1.807) is 0 Å². The Morgan fingerprint density at radius 2 is 1.86 bits per heavy atom. The zero-order valence-electron chi connectivity index (χ0n) is 11.2. The molecule has 0 fully saturated rings. The lowest BCUT2D eigenvalue weighted by Gasteiger charge is -2.10. The molecule has 3 rings (SSSR count). The normalized spacial score (nSPS) is 10.8. The summed E-state index contributed by atoms with van der Waals surface area (Å²) in [6.45, 7) is 0.642. The fourth-order valence-corrected chi connectivity index (χ4v) is 2.48. The van der Waals surface area contributed by atoms with Gasteiger partial charge in [0, 0.05) is 17.0 Å². The van der Waals surface area contributed by atoms with Gasteiger partial charge in [0.15, 0.2) is 0 Å². The van der Waals surface area contributed by atoms with Gasteiger partial charge in [-0.1, -0.05) is 35.9 Å². The molecule has 1 heterocycles. The van der Waals surface area contributed by atoms with Gasteiger partial charge in [0.05, 0.1) is 11.4 Å². The zero-order chi connectivity index (χ0) is 14.7. The largest absolute Gasteiger partial charge is 0.365 e. The monoisotopic (exact) mass is 317 g/mol. The van der Waals surface area contributed by atoms with E-state index >= 15 is 0 Å². The van der Waals surface area contributed by atoms with Gasteiger partial charge in [-0.3, -0.25) is 0 Å². The SMILES string of the molecule is ClCc1nc(NCc2cccc(Cl)c2)c2ccccc2n1. The summed E-state index contributed by atoms with van der Waals surface area (Å²) in [7, 11) is 0. The molecule has 0 spiro atoms. The van der Waals surface area contributed by atoms with Crippen molar-refractivity contribution in [3.05, 3.63) is 64.9 Å². The molecular formula is C16H13Cl2N3. The molecule has 21 heavy (non-hydrogen) atoms. The van der Waals surface area contributed by atoms with Crippen molar-refractivity contribution in [2.24, 2.45) is 0 Å². The Balaban J connectivity index is 1.92. The molecule has 0 atom stereocenters. The maximum absolute atomic E-state index is 6.00. The van der Waals surface area contributed by atoms with Gasteiger partial charge >= 0.3 is 0 Å². The van der Waals surface area contributed by atoms with Crippen LogP contribution in [0.4, 0.5) is 5.82 Å². The van der Waals surface area contributed by atoms with Crippen molar-refractivity contribution in [2.75, 3.05) is 5.32 Å². The molecule has 1 N–H and O–H groups in total. The lowest BCUT2D eigenvalue weighted by atomic mass is 10.2. The maximum atomic E-state index is 6.00. The molecule has 0 bridgehead atoms. The van der Waals surface area contributed by atoms with Gasteiger partial charge in [-0.05, 0) is 29.8 Å². The molecule has 5 heteroatoms. The molecule has 0 aliphatic carbocycles. The summed E-state index contributed by atoms with van der Waals surface area (Å²) in [4.78, 5) is 8.89. The van der Waals surface area contributed by atoms with Crippen LogP contribution in [0.1, 0.15) is 11.4 Å². The highest BCUT2D eigenvalue weighted by molar-refractivity contribution is 6.30. The number of hydrogen-bond donors (Lipinski definition) is 1. The Morgan fingerprint density at radius 3 is 2.67 bits per heavy atom. The van der Waals surface area contributed by atoms with Crippen LogP contribution in [0.3, 0.4) is 0 Å². The minimum atomic E-state index is 0.288. The molecule has 2 aromatic carbocycles. The van der Waals surface area contributed by atoms with Crippen molar-refractivity contribution >= 4 is 39.9 Å². The number of para-hydroxylation sites is 1. The summed E-state index contributed by atoms with van der Waals surface area (Å²) >= 11 is 11.9. The van der Waals surface area contributed by atoms with Crippen LogP contribution >= 0.6 is 23.2 Å². The van der Waals surface area contributed by atoms with Crippen LogP contribution in [-0.4, -0.2) is 9.97 Å². The number of benzene rings is 2. The van der Waals surface area contributed by atoms with E-state index in [1.807, 2.05) is 48.5 Å². The number of nitrogens with one attached hydrogen (secondary N) is 1. The third kappa shape index (κ3) is 3.26. The Morgan fingerprint density at radius 1 is 1.00 bits per heavy atom. The highest BCUT2D eigenvalue weighted by Crippen LogP contribution is 2.21. The topological polar surface area (TPSA) is 37.8 Å². The molecule has 106 valence electrons. The van der Waals surface area contributed by atoms with Crippen molar-refractivity contribution in [3.63, 3.8) is 0 Å². The van der Waals surface area contributed by atoms with Crippen molar-refractivity contribution in [1.29, 1.82) is 0 Å². The summed E-state index contributed by atoms with van der Waals surface area (Å²) in [5, 5.41) is 5.04. The molecule has 3 nitrogen and oxygen atoms in total. The highest BCUT2D eigenvalue weighted by Gasteiger charge is 2.06. The van der Waals surface area contributed by atoms with Gasteiger partial charge in [0.1, 0.15) is 11.6 Å². The highest BCUT2D eigenvalue weighted by atomic mass is 35.5. The van der Waals surface area contributed by atoms with Crippen LogP contribution in [0, 0.1) is 0 Å². The number of nitrogens with zero attached hydrogens (tertiary/aromatic N) is 2. The second kappa shape index (κ2) is 6.29. The summed E-state index contributed by atoms with van der Waals surface area (Å²) in [6.07, 6.45) is 0. The molecule has 0 radical (unpaired) electrons. The number of fused-ring (bicyclic) bond motifs is 1. The average Bonchev–Trinajstić information content (AvgIpc) is 2.52. The first kappa shape index (κ1) is 14.1. The number of hydrogen-bond acceptors (Lipinski definition) is 3. The molecular weight excluding hydrogens is 305 g/mol. The van der Waals surface area contributed by atoms with E-state index in [0.29, 0.717) is 12.4 Å². The number of aromatic nitrogens is 2. The summed E-state index contributed by atoms with van der Waals surface area (Å²) in [5.74, 6) is 1.69. The van der Waals surface area contributed by atoms with E-state index in [4.69, 9.17) is 23.2 Å². The van der Waals surface area contributed by atoms with Gasteiger partial charge in [-0.15, -0.1) is 11.6 Å². The Hall–Kier alpha value is -1.84. The predicted octanol–water partition coefficient (Wildman–Crippen LogP) is 4.63. The van der Waals surface area contributed by atoms with Crippen molar-refractivity contribution < 1.29 is 0 Å². The van der Waals surface area contributed by atoms with Crippen molar-refractivity contribution in [2.45, 2.75) is 12.4 Å². The van der Waals surface area contributed by atoms with E-state index in [1.165, 1.54) is 0 Å². The summed E-state index contributed by atoms with van der Waals surface area (Å²) in [6, 6.07) is 15.6. The van der Waals surface area contributed by atoms with Gasteiger partial charge < -0.3 is 5.32 Å². The summed E-state index contributed by atoms with van der Waals surface area (Å²) in [5.41, 5.74) is 1.98. The molecule has 0 saturated heterocycles. The first-order chi connectivity index (χ1) is 10.3. The molecule has 3 aromatic rings. The molecule has 0 unspecified atom stereocenters. The Kier molecular flexibility index (Phi) is 4.23. The van der Waals surface area contributed by atoms with E-state index < -0.39 is 0 Å². The molecule has 0 amide bonds. The average molecular weight is 318 g/mol. The lowest BCUT2D eigenvalue weighted by molar-refractivity contribution is 1.03. The fraction of sp³-hybridized carbons (Fsp3) is 0.125. The Bertz CT molecular complexity index is 774. The van der Waals surface area contributed by atoms with Crippen LogP contribution in [-0.2, 0) is 12.4 Å². The zero-order valence-corrected chi connectivity index (χ0v) is 12.7. The minimum absolute atomic E-state index is 0.288. The second-order valence-corrected chi connectivity index (χ2v) is 5.33. The van der Waals surface area contributed by atoms with Crippen molar-refractivity contribution in [3.8, 4) is 0 Å². The number of anilines is 1. The van der Waals surface area contributed by atoms with Gasteiger partial charge in [-0.2, -0.15) is 0 Å². The summed E-state index contributed by atoms with van der Waals surface area (Å²) < 4.78 is 0. The predicted molar refractivity (Wildman–Crippen MR) is 87.9 cm³/mol. The molecule has 0 saturated carbocycles. The second-order valence-electron chi connectivity index (χ2n) is 4.62. The van der Waals surface area contributed by atoms with Gasteiger partial charge in [0.25, 0.3) is 0 Å². The number of alkyl halides is 1. The van der Waals surface area contributed by atoms with Crippen LogP contribution in [0.2, 0.25) is 5.02 Å². The van der Waals surface area contributed by atoms with Crippen LogP contribution in [0.5, 0.6) is 0 Å². The van der Waals surface area contributed by atoms with Crippen LogP contribution in [0.15, 0.2) is 48.5 Å². The third-order valence-electron chi connectivity index (χ3n) is 3.12. The maximum Gasteiger partial charge on any atom is 0.146 e. The number of rotatable bonds is 4. The molecule has 1 aromatic heterocycles. The number of halogens is 2. The molecule has 0 aliphatic heterocycles. The Labute approximate surface area is 132 Å². The quantitative estimate of drug-likeness (QED) is 0.713. The first-order valence-electron chi connectivity index (χ1n) is 6.56. The fourth-order valence-electron chi connectivity index (χ4n) is 2.15. The lowest BCUT2D eigenvalue weighted by Crippen LogP contribution is -2.05. The molecule has 0 aliphatic rings. The van der Waals surface area contributed by atoms with E-state index in [0.717, 1.165) is 27.3 Å². The minimum Gasteiger partial charge on any atom is -0.365 e. The van der Waals surface area contributed by atoms with Crippen LogP contribution < -0.4 is 5.32 Å². The van der Waals surface area contributed by atoms with Gasteiger partial charge in [-0.25, -0.2) is 9.97 Å². The standard InChI is InChI=1S/C16H13Cl2N3/c17-9-15-20-14-7-2-1-6-13(14)16(21-15)19-10-11-4-3-5-12(18)8-11/h1-8H,9-10H2,(H,19,20,21). The third-order valence-corrected chi connectivity index (χ3v) is 3.59. The first-order valence-corrected chi connectivity index (χ1v) is 7.47. The van der Waals surface area contributed by atoms with Crippen LogP contribution in [0.25, 0.3) is 10.9 Å². The smallest absolute Gasteiger partial charge is 0.146 e. The van der Waals surface area contributed by atoms with Crippen molar-refractivity contribution in [1.82, 2.24) is 9.97 Å².